The molecule has 118 valence electrons. The number of aromatic hydroxyl groups is 1. The van der Waals surface area contributed by atoms with E-state index in [0.29, 0.717) is 23.3 Å². The molecule has 0 saturated carbocycles. The number of fused-ring (bicyclic) bond motifs is 1. The third kappa shape index (κ3) is 3.20. The highest BCUT2D eigenvalue weighted by atomic mass is 16.5. The van der Waals surface area contributed by atoms with E-state index in [1.54, 1.807) is 14.0 Å². The Bertz CT molecular complexity index is 765. The number of carbonyl (C=O) groups excluding carboxylic acids is 1. The van der Waals surface area contributed by atoms with Gasteiger partial charge in [-0.15, -0.1) is 0 Å². The van der Waals surface area contributed by atoms with Gasteiger partial charge in [0.2, 0.25) is 5.91 Å². The van der Waals surface area contributed by atoms with Crippen LogP contribution in [0.25, 0.3) is 11.0 Å². The van der Waals surface area contributed by atoms with Gasteiger partial charge in [-0.05, 0) is 12.5 Å². The molecule has 0 bridgehead atoms. The van der Waals surface area contributed by atoms with E-state index in [1.165, 1.54) is 12.1 Å². The first-order chi connectivity index (χ1) is 10.4. The van der Waals surface area contributed by atoms with Crippen LogP contribution in [-0.4, -0.2) is 31.3 Å². The van der Waals surface area contributed by atoms with Crippen molar-refractivity contribution in [1.29, 1.82) is 0 Å². The van der Waals surface area contributed by atoms with Crippen molar-refractivity contribution < 1.29 is 23.8 Å². The van der Waals surface area contributed by atoms with Gasteiger partial charge in [0.15, 0.2) is 0 Å². The molecule has 0 aliphatic carbocycles. The molecule has 1 aromatic heterocycles. The number of carbonyl (C=O) groups is 1. The van der Waals surface area contributed by atoms with Crippen molar-refractivity contribution in [3.05, 3.63) is 33.7 Å². The maximum Gasteiger partial charge on any atom is 0.340 e. The average Bonchev–Trinajstić information content (AvgIpc) is 2.42. The first-order valence-corrected chi connectivity index (χ1v) is 6.63. The monoisotopic (exact) mass is 307 g/mol. The van der Waals surface area contributed by atoms with Crippen molar-refractivity contribution in [1.82, 2.24) is 0 Å². The molecule has 0 radical (unpaired) electrons. The van der Waals surface area contributed by atoms with Crippen LogP contribution in [0.2, 0.25) is 0 Å². The van der Waals surface area contributed by atoms with Gasteiger partial charge in [0, 0.05) is 19.2 Å². The van der Waals surface area contributed by atoms with Gasteiger partial charge in [-0.2, -0.15) is 0 Å². The number of rotatable bonds is 6. The first-order valence-electron chi connectivity index (χ1n) is 6.63. The van der Waals surface area contributed by atoms with E-state index >= 15 is 0 Å². The Morgan fingerprint density at radius 2 is 2.09 bits per heavy atom. The SMILES string of the molecule is COCCOc1cc(O)cc2oc(=O)c(CC(N)=O)c(C)c12. The van der Waals surface area contributed by atoms with Crippen LogP contribution in [0, 0.1) is 6.92 Å². The van der Waals surface area contributed by atoms with Crippen molar-refractivity contribution >= 4 is 16.9 Å². The number of primary amides is 1. The van der Waals surface area contributed by atoms with Crippen LogP contribution in [0.4, 0.5) is 0 Å². The lowest BCUT2D eigenvalue weighted by Gasteiger charge is -2.12. The summed E-state index contributed by atoms with van der Waals surface area (Å²) < 4.78 is 15.6. The minimum atomic E-state index is -0.655. The standard InChI is InChI=1S/C15H17NO6/c1-8-10(7-13(16)18)15(19)22-12-6-9(17)5-11(14(8)12)21-4-3-20-2/h5-6,17H,3-4,7H2,1-2H3,(H2,16,18). The Kier molecular flexibility index (Phi) is 4.67. The second-order valence-corrected chi connectivity index (χ2v) is 4.79. The largest absolute Gasteiger partial charge is 0.508 e. The smallest absolute Gasteiger partial charge is 0.340 e. The molecule has 0 spiro atoms. The lowest BCUT2D eigenvalue weighted by atomic mass is 10.0. The van der Waals surface area contributed by atoms with E-state index < -0.39 is 11.5 Å². The molecule has 1 heterocycles. The second-order valence-electron chi connectivity index (χ2n) is 4.79. The molecule has 2 aromatic rings. The van der Waals surface area contributed by atoms with Crippen molar-refractivity contribution in [2.24, 2.45) is 5.73 Å². The van der Waals surface area contributed by atoms with Crippen molar-refractivity contribution in [3.63, 3.8) is 0 Å². The van der Waals surface area contributed by atoms with Crippen LogP contribution in [0.3, 0.4) is 0 Å². The van der Waals surface area contributed by atoms with Gasteiger partial charge in [-0.25, -0.2) is 4.79 Å². The number of hydrogen-bond acceptors (Lipinski definition) is 6. The van der Waals surface area contributed by atoms with Crippen LogP contribution < -0.4 is 16.1 Å². The zero-order valence-corrected chi connectivity index (χ0v) is 12.3. The highest BCUT2D eigenvalue weighted by molar-refractivity contribution is 5.90. The normalized spacial score (nSPS) is 10.8. The van der Waals surface area contributed by atoms with E-state index in [1.807, 2.05) is 0 Å². The third-order valence-electron chi connectivity index (χ3n) is 3.22. The fraction of sp³-hybridized carbons (Fsp3) is 0.333. The number of aryl methyl sites for hydroxylation is 1. The Hall–Kier alpha value is -2.54. The zero-order chi connectivity index (χ0) is 16.3. The summed E-state index contributed by atoms with van der Waals surface area (Å²) in [5.74, 6) is -0.375. The molecule has 3 N–H and O–H groups in total. The van der Waals surface area contributed by atoms with Gasteiger partial charge >= 0.3 is 5.63 Å². The van der Waals surface area contributed by atoms with Crippen LogP contribution in [0.15, 0.2) is 21.3 Å². The highest BCUT2D eigenvalue weighted by Crippen LogP contribution is 2.33. The molecule has 1 amide bonds. The summed E-state index contributed by atoms with van der Waals surface area (Å²) >= 11 is 0. The summed E-state index contributed by atoms with van der Waals surface area (Å²) in [5.41, 5.74) is 5.41. The van der Waals surface area contributed by atoms with E-state index in [-0.39, 0.29) is 29.9 Å². The van der Waals surface area contributed by atoms with E-state index in [9.17, 15) is 14.7 Å². The number of phenolic OH excluding ortho intramolecular Hbond substituents is 1. The number of phenols is 1. The van der Waals surface area contributed by atoms with E-state index in [4.69, 9.17) is 19.6 Å². The minimum Gasteiger partial charge on any atom is -0.508 e. The van der Waals surface area contributed by atoms with Crippen LogP contribution in [0.1, 0.15) is 11.1 Å². The Labute approximate surface area is 126 Å². The molecule has 0 saturated heterocycles. The van der Waals surface area contributed by atoms with Crippen LogP contribution >= 0.6 is 0 Å². The molecule has 22 heavy (non-hydrogen) atoms. The lowest BCUT2D eigenvalue weighted by Crippen LogP contribution is -2.20. The van der Waals surface area contributed by atoms with E-state index in [2.05, 4.69) is 0 Å². The predicted octanol–water partition coefficient (Wildman–Crippen LogP) is 0.860. The van der Waals surface area contributed by atoms with Gasteiger partial charge < -0.3 is 24.7 Å². The predicted molar refractivity (Wildman–Crippen MR) is 79.2 cm³/mol. The molecular weight excluding hydrogens is 290 g/mol. The van der Waals surface area contributed by atoms with Gasteiger partial charge in [-0.3, -0.25) is 4.79 Å². The molecule has 0 fully saturated rings. The molecule has 0 aliphatic rings. The highest BCUT2D eigenvalue weighted by Gasteiger charge is 2.17. The second kappa shape index (κ2) is 6.48. The molecule has 0 aliphatic heterocycles. The zero-order valence-electron chi connectivity index (χ0n) is 12.3. The van der Waals surface area contributed by atoms with Crippen LogP contribution in [-0.2, 0) is 16.0 Å². The molecular formula is C15H17NO6. The molecule has 2 rings (SSSR count). The summed E-state index contributed by atoms with van der Waals surface area (Å²) in [4.78, 5) is 23.1. The number of benzene rings is 1. The maximum absolute atomic E-state index is 12.0. The Morgan fingerprint density at radius 1 is 1.36 bits per heavy atom. The first kappa shape index (κ1) is 15.8. The summed E-state index contributed by atoms with van der Waals surface area (Å²) in [6.45, 7) is 2.30. The van der Waals surface area contributed by atoms with Gasteiger partial charge in [-0.1, -0.05) is 0 Å². The summed E-state index contributed by atoms with van der Waals surface area (Å²) in [7, 11) is 1.54. The van der Waals surface area contributed by atoms with Gasteiger partial charge in [0.25, 0.3) is 0 Å². The number of ether oxygens (including phenoxy) is 2. The Morgan fingerprint density at radius 3 is 2.73 bits per heavy atom. The fourth-order valence-electron chi connectivity index (χ4n) is 2.22. The number of nitrogens with two attached hydrogens (primary N) is 1. The fourth-order valence-corrected chi connectivity index (χ4v) is 2.22. The summed E-state index contributed by atoms with van der Waals surface area (Å²) in [6.07, 6.45) is -0.220. The van der Waals surface area contributed by atoms with Crippen molar-refractivity contribution in [3.8, 4) is 11.5 Å². The van der Waals surface area contributed by atoms with Gasteiger partial charge in [0.05, 0.1) is 24.0 Å². The molecule has 0 atom stereocenters. The number of amides is 1. The summed E-state index contributed by atoms with van der Waals surface area (Å²) in [6, 6.07) is 2.74. The average molecular weight is 307 g/mol. The molecule has 7 heteroatoms. The molecule has 0 unspecified atom stereocenters. The number of hydrogen-bond donors (Lipinski definition) is 2. The molecule has 1 aromatic carbocycles. The lowest BCUT2D eigenvalue weighted by molar-refractivity contribution is -0.117. The molecule has 7 nitrogen and oxygen atoms in total. The van der Waals surface area contributed by atoms with E-state index in [0.717, 1.165) is 0 Å². The van der Waals surface area contributed by atoms with Crippen LogP contribution in [0.5, 0.6) is 11.5 Å². The van der Waals surface area contributed by atoms with Crippen molar-refractivity contribution in [2.75, 3.05) is 20.3 Å². The summed E-state index contributed by atoms with van der Waals surface area (Å²) in [5, 5.41) is 10.2. The maximum atomic E-state index is 12.0. The number of methoxy groups -OCH3 is 1. The minimum absolute atomic E-state index is 0.0925. The quantitative estimate of drug-likeness (QED) is 0.604. The Balaban J connectivity index is 2.63. The van der Waals surface area contributed by atoms with Crippen molar-refractivity contribution in [2.45, 2.75) is 13.3 Å². The topological polar surface area (TPSA) is 112 Å². The van der Waals surface area contributed by atoms with Gasteiger partial charge in [0.1, 0.15) is 23.7 Å². The third-order valence-corrected chi connectivity index (χ3v) is 3.22.